The first kappa shape index (κ1) is 13.7. The zero-order valence-corrected chi connectivity index (χ0v) is 10.5. The van der Waals surface area contributed by atoms with Crippen molar-refractivity contribution in [2.45, 2.75) is 32.4 Å². The predicted molar refractivity (Wildman–Crippen MR) is 68.9 cm³/mol. The number of hydrazine groups is 1. The van der Waals surface area contributed by atoms with E-state index in [1.807, 2.05) is 18.2 Å². The Labute approximate surface area is 103 Å². The van der Waals surface area contributed by atoms with Crippen molar-refractivity contribution in [2.24, 2.45) is 5.84 Å². The van der Waals surface area contributed by atoms with E-state index in [0.717, 1.165) is 13.0 Å². The fourth-order valence-corrected chi connectivity index (χ4v) is 1.66. The van der Waals surface area contributed by atoms with Crippen molar-refractivity contribution in [3.63, 3.8) is 0 Å². The Bertz CT molecular complexity index is 340. The minimum absolute atomic E-state index is 0.107. The van der Waals surface area contributed by atoms with Crippen molar-refractivity contribution in [3.05, 3.63) is 35.9 Å². The molecule has 0 aliphatic heterocycles. The Morgan fingerprint density at radius 1 is 1.41 bits per heavy atom. The maximum Gasteiger partial charge on any atom is 0.233 e. The molecule has 0 bridgehead atoms. The average molecular weight is 235 g/mol. The van der Waals surface area contributed by atoms with Crippen LogP contribution in [0.4, 0.5) is 0 Å². The molecule has 1 aromatic carbocycles. The first-order chi connectivity index (χ1) is 8.13. The number of benzene rings is 1. The predicted octanol–water partition coefficient (Wildman–Crippen LogP) is 1.28. The van der Waals surface area contributed by atoms with Gasteiger partial charge in [-0.05, 0) is 26.0 Å². The minimum Gasteiger partial charge on any atom is -0.299 e. The standard InChI is InChI=1S/C13H21N3O/c1-11(8-9-13(17)15-14)16(2)10-12-6-4-3-5-7-12/h3-7,11H,8-10,14H2,1-2H3,(H,15,17). The van der Waals surface area contributed by atoms with E-state index in [0.29, 0.717) is 12.5 Å². The second-order valence-electron chi connectivity index (χ2n) is 4.36. The Morgan fingerprint density at radius 3 is 2.65 bits per heavy atom. The van der Waals surface area contributed by atoms with Crippen LogP contribution in [0.15, 0.2) is 30.3 Å². The molecule has 0 aliphatic rings. The van der Waals surface area contributed by atoms with Gasteiger partial charge in [-0.25, -0.2) is 5.84 Å². The zero-order chi connectivity index (χ0) is 12.7. The molecule has 0 heterocycles. The molecule has 17 heavy (non-hydrogen) atoms. The summed E-state index contributed by atoms with van der Waals surface area (Å²) < 4.78 is 0. The molecule has 0 aromatic heterocycles. The van der Waals surface area contributed by atoms with Crippen LogP contribution in [0.1, 0.15) is 25.3 Å². The van der Waals surface area contributed by atoms with Gasteiger partial charge >= 0.3 is 0 Å². The summed E-state index contributed by atoms with van der Waals surface area (Å²) in [6.45, 7) is 3.01. The monoisotopic (exact) mass is 235 g/mol. The molecule has 0 spiro atoms. The number of nitrogens with two attached hydrogens (primary N) is 1. The number of hydrogen-bond donors (Lipinski definition) is 2. The lowest BCUT2D eigenvalue weighted by Gasteiger charge is -2.24. The van der Waals surface area contributed by atoms with Crippen LogP contribution in [-0.2, 0) is 11.3 Å². The van der Waals surface area contributed by atoms with Crippen molar-refractivity contribution in [2.75, 3.05) is 7.05 Å². The Balaban J connectivity index is 2.37. The quantitative estimate of drug-likeness (QED) is 0.443. The second-order valence-corrected chi connectivity index (χ2v) is 4.36. The van der Waals surface area contributed by atoms with Gasteiger partial charge in [0.25, 0.3) is 0 Å². The molecular formula is C13H21N3O. The molecule has 0 saturated carbocycles. The fraction of sp³-hybridized carbons (Fsp3) is 0.462. The fourth-order valence-electron chi connectivity index (χ4n) is 1.66. The molecule has 0 saturated heterocycles. The molecule has 94 valence electrons. The molecule has 1 atom stereocenters. The first-order valence-corrected chi connectivity index (χ1v) is 5.87. The highest BCUT2D eigenvalue weighted by atomic mass is 16.2. The van der Waals surface area contributed by atoms with Gasteiger partial charge in [0.2, 0.25) is 5.91 Å². The van der Waals surface area contributed by atoms with Crippen LogP contribution in [0.2, 0.25) is 0 Å². The van der Waals surface area contributed by atoms with Crippen LogP contribution in [-0.4, -0.2) is 23.9 Å². The highest BCUT2D eigenvalue weighted by Gasteiger charge is 2.11. The highest BCUT2D eigenvalue weighted by Crippen LogP contribution is 2.09. The summed E-state index contributed by atoms with van der Waals surface area (Å²) in [5, 5.41) is 0. The molecule has 3 N–H and O–H groups in total. The summed E-state index contributed by atoms with van der Waals surface area (Å²) in [5.74, 6) is 4.94. The smallest absolute Gasteiger partial charge is 0.233 e. The second kappa shape index (κ2) is 7.04. The third-order valence-corrected chi connectivity index (χ3v) is 2.98. The van der Waals surface area contributed by atoms with Gasteiger partial charge in [0.1, 0.15) is 0 Å². The Hall–Kier alpha value is -1.39. The van der Waals surface area contributed by atoms with Crippen molar-refractivity contribution in [1.82, 2.24) is 10.3 Å². The van der Waals surface area contributed by atoms with Crippen molar-refractivity contribution in [1.29, 1.82) is 0 Å². The maximum atomic E-state index is 11.0. The van der Waals surface area contributed by atoms with Gasteiger partial charge in [-0.2, -0.15) is 0 Å². The number of hydrogen-bond acceptors (Lipinski definition) is 3. The van der Waals surface area contributed by atoms with Crippen molar-refractivity contribution >= 4 is 5.91 Å². The molecule has 0 radical (unpaired) electrons. The molecule has 1 rings (SSSR count). The van der Waals surface area contributed by atoms with E-state index in [1.54, 1.807) is 0 Å². The van der Waals surface area contributed by atoms with E-state index in [2.05, 4.69) is 36.4 Å². The molecule has 4 nitrogen and oxygen atoms in total. The van der Waals surface area contributed by atoms with Crippen LogP contribution >= 0.6 is 0 Å². The Morgan fingerprint density at radius 2 is 2.06 bits per heavy atom. The van der Waals surface area contributed by atoms with Gasteiger partial charge in [0.15, 0.2) is 0 Å². The Kier molecular flexibility index (Phi) is 5.66. The van der Waals surface area contributed by atoms with Crippen LogP contribution in [0, 0.1) is 0 Å². The topological polar surface area (TPSA) is 58.4 Å². The number of carbonyl (C=O) groups is 1. The lowest BCUT2D eigenvalue weighted by molar-refractivity contribution is -0.121. The third kappa shape index (κ3) is 4.97. The van der Waals surface area contributed by atoms with Gasteiger partial charge in [0, 0.05) is 19.0 Å². The molecular weight excluding hydrogens is 214 g/mol. The van der Waals surface area contributed by atoms with Gasteiger partial charge < -0.3 is 0 Å². The van der Waals surface area contributed by atoms with E-state index in [4.69, 9.17) is 5.84 Å². The largest absolute Gasteiger partial charge is 0.299 e. The summed E-state index contributed by atoms with van der Waals surface area (Å²) in [6.07, 6.45) is 1.28. The van der Waals surface area contributed by atoms with Gasteiger partial charge in [0.05, 0.1) is 0 Å². The highest BCUT2D eigenvalue weighted by molar-refractivity contribution is 5.75. The zero-order valence-electron chi connectivity index (χ0n) is 10.5. The van der Waals surface area contributed by atoms with Crippen LogP contribution < -0.4 is 11.3 Å². The van der Waals surface area contributed by atoms with Gasteiger partial charge in [-0.1, -0.05) is 30.3 Å². The molecule has 1 unspecified atom stereocenters. The summed E-state index contributed by atoms with van der Waals surface area (Å²) >= 11 is 0. The molecule has 1 aromatic rings. The van der Waals surface area contributed by atoms with Gasteiger partial charge in [-0.3, -0.25) is 15.1 Å². The van der Waals surface area contributed by atoms with Gasteiger partial charge in [-0.15, -0.1) is 0 Å². The van der Waals surface area contributed by atoms with Crippen LogP contribution in [0.25, 0.3) is 0 Å². The van der Waals surface area contributed by atoms with Crippen LogP contribution in [0.5, 0.6) is 0 Å². The normalized spacial score (nSPS) is 12.5. The summed E-state index contributed by atoms with van der Waals surface area (Å²) in [7, 11) is 2.07. The summed E-state index contributed by atoms with van der Waals surface area (Å²) in [5.41, 5.74) is 3.43. The van der Waals surface area contributed by atoms with Crippen LogP contribution in [0.3, 0.4) is 0 Å². The molecule has 0 fully saturated rings. The minimum atomic E-state index is -0.107. The van der Waals surface area contributed by atoms with E-state index in [1.165, 1.54) is 5.56 Å². The number of amides is 1. The van der Waals surface area contributed by atoms with E-state index in [-0.39, 0.29) is 5.91 Å². The maximum absolute atomic E-state index is 11.0. The SMILES string of the molecule is CC(CCC(=O)NN)N(C)Cc1ccccc1. The third-order valence-electron chi connectivity index (χ3n) is 2.98. The summed E-state index contributed by atoms with van der Waals surface area (Å²) in [4.78, 5) is 13.3. The average Bonchev–Trinajstić information content (AvgIpc) is 2.36. The van der Waals surface area contributed by atoms with E-state index < -0.39 is 0 Å². The number of nitrogens with zero attached hydrogens (tertiary/aromatic N) is 1. The van der Waals surface area contributed by atoms with E-state index in [9.17, 15) is 4.79 Å². The molecule has 0 aliphatic carbocycles. The van der Waals surface area contributed by atoms with Crippen molar-refractivity contribution in [3.8, 4) is 0 Å². The van der Waals surface area contributed by atoms with E-state index >= 15 is 0 Å². The van der Waals surface area contributed by atoms with Crippen molar-refractivity contribution < 1.29 is 4.79 Å². The molecule has 1 amide bonds. The molecule has 4 heteroatoms. The summed E-state index contributed by atoms with van der Waals surface area (Å²) in [6, 6.07) is 10.7. The number of nitrogens with one attached hydrogen (secondary N) is 1. The lowest BCUT2D eigenvalue weighted by Crippen LogP contribution is -2.33. The first-order valence-electron chi connectivity index (χ1n) is 5.87. The lowest BCUT2D eigenvalue weighted by atomic mass is 10.1. The number of carbonyl (C=O) groups excluding carboxylic acids is 1. The number of rotatable bonds is 6.